The molecule has 24 heavy (non-hydrogen) atoms. The number of fused-ring (bicyclic) bond motifs is 1. The van der Waals surface area contributed by atoms with Gasteiger partial charge in [0.2, 0.25) is 0 Å². The van der Waals surface area contributed by atoms with Gasteiger partial charge in [0.05, 0.1) is 17.2 Å². The van der Waals surface area contributed by atoms with Gasteiger partial charge in [-0.3, -0.25) is 4.57 Å². The molecule has 0 aliphatic carbocycles. The zero-order chi connectivity index (χ0) is 17.3. The van der Waals surface area contributed by atoms with Gasteiger partial charge in [-0.1, -0.05) is 12.1 Å². The van der Waals surface area contributed by atoms with Gasteiger partial charge in [-0.15, -0.1) is 0 Å². The molecule has 0 radical (unpaired) electrons. The highest BCUT2D eigenvalue weighted by atomic mass is 16.4. The molecule has 1 unspecified atom stereocenters. The van der Waals surface area contributed by atoms with Crippen LogP contribution in [-0.4, -0.2) is 45.3 Å². The molecule has 1 aromatic heterocycles. The number of hydrogen-bond donors (Lipinski definition) is 2. The standard InChI is InChI=1S/C17H23N3O4/c1-17(2,23)14-8-5-10-20(14)15(21)18-9-11-19-12-6-3-4-7-13(12)24-16(19)22/h3-4,6-7,14,23H,5,8-11H2,1-2H3,(H,18,21). The van der Waals surface area contributed by atoms with Crippen molar-refractivity contribution in [1.29, 1.82) is 0 Å². The Balaban J connectivity index is 1.63. The van der Waals surface area contributed by atoms with Crippen molar-refractivity contribution in [1.82, 2.24) is 14.8 Å². The minimum Gasteiger partial charge on any atom is -0.408 e. The first-order chi connectivity index (χ1) is 11.4. The Labute approximate surface area is 139 Å². The first-order valence-corrected chi connectivity index (χ1v) is 8.23. The molecule has 2 N–H and O–H groups in total. The Kier molecular flexibility index (Phi) is 4.36. The number of nitrogens with zero attached hydrogens (tertiary/aromatic N) is 2. The van der Waals surface area contributed by atoms with Crippen molar-refractivity contribution in [3.05, 3.63) is 34.8 Å². The minimum absolute atomic E-state index is 0.185. The van der Waals surface area contributed by atoms with E-state index in [2.05, 4.69) is 5.32 Å². The summed E-state index contributed by atoms with van der Waals surface area (Å²) in [5.41, 5.74) is 0.327. The third-order valence-electron chi connectivity index (χ3n) is 4.51. The number of urea groups is 1. The monoisotopic (exact) mass is 333 g/mol. The Morgan fingerprint density at radius 2 is 2.17 bits per heavy atom. The Hall–Kier alpha value is -2.28. The minimum atomic E-state index is -0.925. The highest BCUT2D eigenvalue weighted by Crippen LogP contribution is 2.26. The molecule has 0 bridgehead atoms. The molecular weight excluding hydrogens is 310 g/mol. The molecule has 2 aromatic rings. The lowest BCUT2D eigenvalue weighted by atomic mass is 9.97. The lowest BCUT2D eigenvalue weighted by molar-refractivity contribution is 0.00983. The number of oxazole rings is 1. The molecule has 3 rings (SSSR count). The number of benzene rings is 1. The van der Waals surface area contributed by atoms with Crippen molar-refractivity contribution in [2.24, 2.45) is 0 Å². The highest BCUT2D eigenvalue weighted by molar-refractivity contribution is 5.75. The molecule has 1 aromatic carbocycles. The predicted molar refractivity (Wildman–Crippen MR) is 89.9 cm³/mol. The number of para-hydroxylation sites is 2. The van der Waals surface area contributed by atoms with Gasteiger partial charge in [-0.2, -0.15) is 0 Å². The van der Waals surface area contributed by atoms with Gasteiger partial charge >= 0.3 is 11.8 Å². The molecule has 7 heteroatoms. The summed E-state index contributed by atoms with van der Waals surface area (Å²) in [6.45, 7) is 4.73. The molecular formula is C17H23N3O4. The van der Waals surface area contributed by atoms with E-state index in [9.17, 15) is 14.7 Å². The van der Waals surface area contributed by atoms with Crippen LogP contribution in [0.1, 0.15) is 26.7 Å². The van der Waals surface area contributed by atoms with E-state index in [1.165, 1.54) is 4.57 Å². The van der Waals surface area contributed by atoms with E-state index in [0.717, 1.165) is 12.8 Å². The van der Waals surface area contributed by atoms with Gasteiger partial charge in [-0.25, -0.2) is 9.59 Å². The number of carbonyl (C=O) groups excluding carboxylic acids is 1. The van der Waals surface area contributed by atoms with Crippen molar-refractivity contribution < 1.29 is 14.3 Å². The maximum atomic E-state index is 12.4. The fourth-order valence-corrected chi connectivity index (χ4v) is 3.35. The normalized spacial score (nSPS) is 18.3. The number of amides is 2. The average Bonchev–Trinajstić information content (AvgIpc) is 3.12. The molecule has 1 saturated heterocycles. The summed E-state index contributed by atoms with van der Waals surface area (Å²) in [5.74, 6) is -0.430. The van der Waals surface area contributed by atoms with Crippen molar-refractivity contribution >= 4 is 17.1 Å². The Bertz CT molecular complexity index is 787. The van der Waals surface area contributed by atoms with Crippen LogP contribution in [0.2, 0.25) is 0 Å². The summed E-state index contributed by atoms with van der Waals surface area (Å²) in [6.07, 6.45) is 1.68. The SMILES string of the molecule is CC(C)(O)C1CCCN1C(=O)NCCn1c(=O)oc2ccccc21. The van der Waals surface area contributed by atoms with Crippen LogP contribution in [0.5, 0.6) is 0 Å². The summed E-state index contributed by atoms with van der Waals surface area (Å²) in [6, 6.07) is 6.80. The van der Waals surface area contributed by atoms with Gasteiger partial charge in [-0.05, 0) is 38.8 Å². The zero-order valence-corrected chi connectivity index (χ0v) is 14.0. The van der Waals surface area contributed by atoms with Crippen molar-refractivity contribution in [2.45, 2.75) is 44.9 Å². The zero-order valence-electron chi connectivity index (χ0n) is 14.0. The smallest absolute Gasteiger partial charge is 0.408 e. The van der Waals surface area contributed by atoms with Crippen molar-refractivity contribution in [2.75, 3.05) is 13.1 Å². The number of nitrogens with one attached hydrogen (secondary N) is 1. The summed E-state index contributed by atoms with van der Waals surface area (Å²) in [4.78, 5) is 25.9. The van der Waals surface area contributed by atoms with E-state index in [4.69, 9.17) is 4.42 Å². The molecule has 1 fully saturated rings. The van der Waals surface area contributed by atoms with E-state index in [0.29, 0.717) is 30.7 Å². The molecule has 1 aliphatic heterocycles. The van der Waals surface area contributed by atoms with Crippen LogP contribution in [0, 0.1) is 0 Å². The van der Waals surface area contributed by atoms with Crippen LogP contribution in [0.3, 0.4) is 0 Å². The van der Waals surface area contributed by atoms with Gasteiger partial charge in [0.25, 0.3) is 0 Å². The van der Waals surface area contributed by atoms with Crippen LogP contribution in [0.25, 0.3) is 11.1 Å². The van der Waals surface area contributed by atoms with Crippen LogP contribution < -0.4 is 11.1 Å². The third-order valence-corrected chi connectivity index (χ3v) is 4.51. The lowest BCUT2D eigenvalue weighted by Crippen LogP contribution is -2.51. The number of aromatic nitrogens is 1. The lowest BCUT2D eigenvalue weighted by Gasteiger charge is -2.33. The predicted octanol–water partition coefficient (Wildman–Crippen LogP) is 1.54. The number of hydrogen-bond acceptors (Lipinski definition) is 4. The second-order valence-electron chi connectivity index (χ2n) is 6.72. The Morgan fingerprint density at radius 1 is 1.42 bits per heavy atom. The van der Waals surface area contributed by atoms with Crippen LogP contribution >= 0.6 is 0 Å². The fourth-order valence-electron chi connectivity index (χ4n) is 3.35. The molecule has 1 aliphatic rings. The second kappa shape index (κ2) is 6.32. The number of carbonyl (C=O) groups is 1. The number of likely N-dealkylation sites (tertiary alicyclic amines) is 1. The van der Waals surface area contributed by atoms with Gasteiger partial charge in [0.1, 0.15) is 0 Å². The van der Waals surface area contributed by atoms with Gasteiger partial charge in [0, 0.05) is 19.6 Å². The quantitative estimate of drug-likeness (QED) is 0.888. The van der Waals surface area contributed by atoms with E-state index >= 15 is 0 Å². The van der Waals surface area contributed by atoms with Crippen molar-refractivity contribution in [3.63, 3.8) is 0 Å². The fraction of sp³-hybridized carbons (Fsp3) is 0.529. The molecule has 0 saturated carbocycles. The summed E-state index contributed by atoms with van der Waals surface area (Å²) in [5, 5.41) is 13.0. The topological polar surface area (TPSA) is 87.7 Å². The van der Waals surface area contributed by atoms with Crippen LogP contribution in [0.4, 0.5) is 4.79 Å². The van der Waals surface area contributed by atoms with Crippen LogP contribution in [0.15, 0.2) is 33.5 Å². The maximum Gasteiger partial charge on any atom is 0.420 e. The average molecular weight is 333 g/mol. The molecule has 130 valence electrons. The summed E-state index contributed by atoms with van der Waals surface area (Å²) in [7, 11) is 0. The molecule has 2 amide bonds. The van der Waals surface area contributed by atoms with Gasteiger partial charge in [0.15, 0.2) is 5.58 Å². The van der Waals surface area contributed by atoms with E-state index in [1.807, 2.05) is 18.2 Å². The molecule has 2 heterocycles. The summed E-state index contributed by atoms with van der Waals surface area (Å²) >= 11 is 0. The van der Waals surface area contributed by atoms with E-state index < -0.39 is 11.4 Å². The maximum absolute atomic E-state index is 12.4. The van der Waals surface area contributed by atoms with E-state index in [-0.39, 0.29) is 12.1 Å². The van der Waals surface area contributed by atoms with Crippen molar-refractivity contribution in [3.8, 4) is 0 Å². The second-order valence-corrected chi connectivity index (χ2v) is 6.72. The van der Waals surface area contributed by atoms with Crippen LogP contribution in [-0.2, 0) is 6.54 Å². The summed E-state index contributed by atoms with van der Waals surface area (Å²) < 4.78 is 6.68. The first-order valence-electron chi connectivity index (χ1n) is 8.23. The first kappa shape index (κ1) is 16.6. The third kappa shape index (κ3) is 3.17. The molecule has 0 spiro atoms. The molecule has 1 atom stereocenters. The largest absolute Gasteiger partial charge is 0.420 e. The van der Waals surface area contributed by atoms with Gasteiger partial charge < -0.3 is 19.7 Å². The Morgan fingerprint density at radius 3 is 2.92 bits per heavy atom. The highest BCUT2D eigenvalue weighted by Gasteiger charge is 2.38. The van der Waals surface area contributed by atoms with E-state index in [1.54, 1.807) is 24.8 Å². The number of rotatable bonds is 4. The number of aliphatic hydroxyl groups is 1. The molecule has 7 nitrogen and oxygen atoms in total.